The molecule has 0 heterocycles. The minimum Gasteiger partial charge on any atom is -0.207 e. The maximum atomic E-state index is 13.2. The van der Waals surface area contributed by atoms with Crippen molar-refractivity contribution >= 4 is 0 Å². The van der Waals surface area contributed by atoms with Crippen molar-refractivity contribution in [3.63, 3.8) is 0 Å². The Bertz CT molecular complexity index is 667. The van der Waals surface area contributed by atoms with E-state index in [1.165, 1.54) is 36.1 Å². The minimum atomic E-state index is -0.356. The lowest BCUT2D eigenvalue weighted by molar-refractivity contribution is 0.627. The smallest absolute Gasteiger partial charge is 0.124 e. The molecule has 0 aliphatic heterocycles. The van der Waals surface area contributed by atoms with E-state index in [1.807, 2.05) is 12.1 Å². The van der Waals surface area contributed by atoms with Gasteiger partial charge in [-0.3, -0.25) is 0 Å². The molecule has 19 heavy (non-hydrogen) atoms. The lowest BCUT2D eigenvalue weighted by Crippen LogP contribution is -2.04. The maximum Gasteiger partial charge on any atom is 0.124 e. The molecule has 1 aliphatic carbocycles. The van der Waals surface area contributed by atoms with Crippen LogP contribution in [0.15, 0.2) is 36.4 Å². The molecule has 2 heteroatoms. The molecule has 0 fully saturated rings. The molecule has 0 saturated carbocycles. The zero-order valence-electron chi connectivity index (χ0n) is 10.6. The van der Waals surface area contributed by atoms with Crippen molar-refractivity contribution in [3.05, 3.63) is 58.9 Å². The topological polar surface area (TPSA) is 23.8 Å². The zero-order valence-corrected chi connectivity index (χ0v) is 10.6. The highest BCUT2D eigenvalue weighted by atomic mass is 19.1. The highest BCUT2D eigenvalue weighted by molar-refractivity contribution is 5.74. The second-order valence-corrected chi connectivity index (χ2v) is 4.95. The molecule has 0 N–H and O–H groups in total. The van der Waals surface area contributed by atoms with Gasteiger partial charge in [0.25, 0.3) is 0 Å². The van der Waals surface area contributed by atoms with Gasteiger partial charge in [0.1, 0.15) is 5.82 Å². The Kier molecular flexibility index (Phi) is 3.05. The van der Waals surface area contributed by atoms with Gasteiger partial charge in [-0.2, -0.15) is 5.26 Å². The summed E-state index contributed by atoms with van der Waals surface area (Å²) < 4.78 is 13.2. The lowest BCUT2D eigenvalue weighted by atomic mass is 9.85. The molecule has 2 aromatic rings. The van der Waals surface area contributed by atoms with Crippen molar-refractivity contribution in [2.24, 2.45) is 0 Å². The molecule has 2 aromatic carbocycles. The van der Waals surface area contributed by atoms with Gasteiger partial charge in [-0.15, -0.1) is 0 Å². The van der Waals surface area contributed by atoms with E-state index in [0.717, 1.165) is 24.0 Å². The second-order valence-electron chi connectivity index (χ2n) is 4.95. The summed E-state index contributed by atoms with van der Waals surface area (Å²) in [5.41, 5.74) is 5.06. The quantitative estimate of drug-likeness (QED) is 0.743. The highest BCUT2D eigenvalue weighted by Gasteiger charge is 2.16. The summed E-state index contributed by atoms with van der Waals surface area (Å²) in [6.45, 7) is 0. The van der Waals surface area contributed by atoms with Gasteiger partial charge in [0.15, 0.2) is 0 Å². The fourth-order valence-corrected chi connectivity index (χ4v) is 2.88. The highest BCUT2D eigenvalue weighted by Crippen LogP contribution is 2.33. The van der Waals surface area contributed by atoms with Gasteiger partial charge in [-0.25, -0.2) is 4.39 Å². The summed E-state index contributed by atoms with van der Waals surface area (Å²) in [7, 11) is 0. The molecule has 1 nitrogen and oxygen atoms in total. The molecule has 0 radical (unpaired) electrons. The predicted molar refractivity (Wildman–Crippen MR) is 73.2 cm³/mol. The molecular weight excluding hydrogens is 237 g/mol. The van der Waals surface area contributed by atoms with Gasteiger partial charge in [-0.05, 0) is 60.1 Å². The average Bonchev–Trinajstić information content (AvgIpc) is 2.46. The van der Waals surface area contributed by atoms with Gasteiger partial charge in [-0.1, -0.05) is 24.3 Å². The van der Waals surface area contributed by atoms with Crippen molar-refractivity contribution in [1.82, 2.24) is 0 Å². The molecule has 0 amide bonds. The molecule has 1 aliphatic rings. The number of rotatable bonds is 1. The van der Waals surface area contributed by atoms with Gasteiger partial charge in [0.2, 0.25) is 0 Å². The Labute approximate surface area is 112 Å². The predicted octanol–water partition coefficient (Wildman–Crippen LogP) is 4.24. The number of benzene rings is 2. The summed E-state index contributed by atoms with van der Waals surface area (Å²) in [6, 6.07) is 12.8. The van der Waals surface area contributed by atoms with Crippen molar-refractivity contribution < 1.29 is 4.39 Å². The summed E-state index contributed by atoms with van der Waals surface area (Å²) in [5, 5.41) is 9.19. The van der Waals surface area contributed by atoms with Crippen LogP contribution in [0.4, 0.5) is 4.39 Å². The lowest BCUT2D eigenvalue weighted by Gasteiger charge is -2.20. The Morgan fingerprint density at radius 1 is 1.00 bits per heavy atom. The molecule has 0 saturated heterocycles. The Balaban J connectivity index is 2.20. The molecule has 3 rings (SSSR count). The van der Waals surface area contributed by atoms with Crippen molar-refractivity contribution in [2.45, 2.75) is 25.7 Å². The van der Waals surface area contributed by atoms with Crippen molar-refractivity contribution in [1.29, 1.82) is 5.26 Å². The molecule has 0 atom stereocenters. The van der Waals surface area contributed by atoms with E-state index in [2.05, 4.69) is 12.1 Å². The summed E-state index contributed by atoms with van der Waals surface area (Å²) in [4.78, 5) is 0. The van der Waals surface area contributed by atoms with Crippen LogP contribution < -0.4 is 0 Å². The molecule has 94 valence electrons. The molecule has 0 spiro atoms. The van der Waals surface area contributed by atoms with Gasteiger partial charge in [0, 0.05) is 0 Å². The SMILES string of the molecule is N#Cc1cc(F)ccc1-c1cccc2c1CCCC2. The van der Waals surface area contributed by atoms with Crippen LogP contribution in [0.1, 0.15) is 29.5 Å². The van der Waals surface area contributed by atoms with Gasteiger partial charge < -0.3 is 0 Å². The summed E-state index contributed by atoms with van der Waals surface area (Å²) >= 11 is 0. The van der Waals surface area contributed by atoms with Crippen LogP contribution in [0, 0.1) is 17.1 Å². The van der Waals surface area contributed by atoms with E-state index in [-0.39, 0.29) is 5.82 Å². The standard InChI is InChI=1S/C17H14FN/c18-14-8-9-16(13(10-14)11-19)17-7-3-5-12-4-1-2-6-15(12)17/h3,5,7-10H,1-2,4,6H2. The molecule has 0 bridgehead atoms. The largest absolute Gasteiger partial charge is 0.207 e. The van der Waals surface area contributed by atoms with Crippen LogP contribution in [0.3, 0.4) is 0 Å². The van der Waals surface area contributed by atoms with Crippen molar-refractivity contribution in [2.75, 3.05) is 0 Å². The van der Waals surface area contributed by atoms with E-state index in [0.29, 0.717) is 5.56 Å². The van der Waals surface area contributed by atoms with Gasteiger partial charge >= 0.3 is 0 Å². The van der Waals surface area contributed by atoms with Gasteiger partial charge in [0.05, 0.1) is 11.6 Å². The summed E-state index contributed by atoms with van der Waals surface area (Å²) in [6.07, 6.45) is 4.57. The van der Waals surface area contributed by atoms with Crippen LogP contribution in [0.5, 0.6) is 0 Å². The Hall–Kier alpha value is -2.14. The normalized spacial score (nSPS) is 13.7. The average molecular weight is 251 g/mol. The number of nitrogens with zero attached hydrogens (tertiary/aromatic N) is 1. The number of halogens is 1. The number of hydrogen-bond donors (Lipinski definition) is 0. The third kappa shape index (κ3) is 2.13. The molecule has 0 unspecified atom stereocenters. The maximum absolute atomic E-state index is 13.2. The first-order chi connectivity index (χ1) is 9.29. The van der Waals surface area contributed by atoms with Crippen LogP contribution in [-0.4, -0.2) is 0 Å². The van der Waals surface area contributed by atoms with E-state index < -0.39 is 0 Å². The molecular formula is C17H14FN. The van der Waals surface area contributed by atoms with Crippen LogP contribution in [0.25, 0.3) is 11.1 Å². The number of fused-ring (bicyclic) bond motifs is 1. The monoisotopic (exact) mass is 251 g/mol. The number of nitriles is 1. The van der Waals surface area contributed by atoms with E-state index in [9.17, 15) is 9.65 Å². The first kappa shape index (κ1) is 11.9. The third-order valence-electron chi connectivity index (χ3n) is 3.79. The van der Waals surface area contributed by atoms with Crippen LogP contribution in [-0.2, 0) is 12.8 Å². The van der Waals surface area contributed by atoms with E-state index in [1.54, 1.807) is 6.07 Å². The van der Waals surface area contributed by atoms with Crippen molar-refractivity contribution in [3.8, 4) is 17.2 Å². The Morgan fingerprint density at radius 3 is 2.68 bits per heavy atom. The third-order valence-corrected chi connectivity index (χ3v) is 3.79. The minimum absolute atomic E-state index is 0.356. The molecule has 0 aromatic heterocycles. The number of hydrogen-bond acceptors (Lipinski definition) is 1. The van der Waals surface area contributed by atoms with Crippen LogP contribution in [0.2, 0.25) is 0 Å². The second kappa shape index (κ2) is 4.85. The van der Waals surface area contributed by atoms with E-state index in [4.69, 9.17) is 0 Å². The fourth-order valence-electron chi connectivity index (χ4n) is 2.88. The first-order valence-corrected chi connectivity index (χ1v) is 6.60. The number of aryl methyl sites for hydroxylation is 1. The zero-order chi connectivity index (χ0) is 13.2. The fraction of sp³-hybridized carbons (Fsp3) is 0.235. The van der Waals surface area contributed by atoms with E-state index >= 15 is 0 Å². The first-order valence-electron chi connectivity index (χ1n) is 6.60. The summed E-state index contributed by atoms with van der Waals surface area (Å²) in [5.74, 6) is -0.356. The Morgan fingerprint density at radius 2 is 1.84 bits per heavy atom. The van der Waals surface area contributed by atoms with Crippen LogP contribution >= 0.6 is 0 Å².